The number of carbonyl (C=O) groups is 1. The Morgan fingerprint density at radius 3 is 3.10 bits per heavy atom. The van der Waals surface area contributed by atoms with Crippen molar-refractivity contribution in [3.05, 3.63) is 12.2 Å². The van der Waals surface area contributed by atoms with Crippen LogP contribution in [-0.2, 0) is 4.79 Å². The average Bonchev–Trinajstić information content (AvgIpc) is 2.34. The molecule has 10 heavy (non-hydrogen) atoms. The molecule has 0 saturated carbocycles. The van der Waals surface area contributed by atoms with Gasteiger partial charge in [0.2, 0.25) is 5.91 Å². The molecule has 1 amide bonds. The predicted octanol–water partition coefficient (Wildman–Crippen LogP) is -0.310. The number of primary amides is 1. The van der Waals surface area contributed by atoms with Gasteiger partial charge >= 0.3 is 0 Å². The summed E-state index contributed by atoms with van der Waals surface area (Å²) in [6, 6.07) is 0. The number of thioether (sulfide) groups is 1. The lowest BCUT2D eigenvalue weighted by Gasteiger charge is -1.99. The first-order valence-corrected chi connectivity index (χ1v) is 4.16. The van der Waals surface area contributed by atoms with Crippen LogP contribution in [0, 0.1) is 0 Å². The van der Waals surface area contributed by atoms with E-state index < -0.39 is 0 Å². The first kappa shape index (κ1) is 7.63. The van der Waals surface area contributed by atoms with Gasteiger partial charge in [-0.2, -0.15) is 0 Å². The molecule has 1 atom stereocenters. The Bertz CT molecular complexity index is 152. The molecule has 1 fully saturated rings. The Morgan fingerprint density at radius 2 is 2.60 bits per heavy atom. The summed E-state index contributed by atoms with van der Waals surface area (Å²) in [5.74, 6) is 0.725. The maximum atomic E-state index is 10.3. The van der Waals surface area contributed by atoms with E-state index in [1.165, 1.54) is 6.08 Å². The van der Waals surface area contributed by atoms with Gasteiger partial charge in [-0.3, -0.25) is 4.79 Å². The van der Waals surface area contributed by atoms with Crippen molar-refractivity contribution in [1.29, 1.82) is 0 Å². The van der Waals surface area contributed by atoms with E-state index in [1.54, 1.807) is 17.8 Å². The fourth-order valence-corrected chi connectivity index (χ4v) is 1.67. The summed E-state index contributed by atoms with van der Waals surface area (Å²) in [6.45, 7) is 1.01. The lowest BCUT2D eigenvalue weighted by Crippen LogP contribution is -2.17. The van der Waals surface area contributed by atoms with Crippen molar-refractivity contribution in [3.63, 3.8) is 0 Å². The molecular weight excluding hydrogens is 148 g/mol. The van der Waals surface area contributed by atoms with Gasteiger partial charge in [0.25, 0.3) is 0 Å². The van der Waals surface area contributed by atoms with Crippen molar-refractivity contribution in [3.8, 4) is 0 Å². The number of amides is 1. The molecule has 56 valence electrons. The third-order valence-corrected chi connectivity index (χ3v) is 2.30. The Kier molecular flexibility index (Phi) is 2.77. The van der Waals surface area contributed by atoms with E-state index in [0.29, 0.717) is 0 Å². The molecular formula is C6H10N2OS. The monoisotopic (exact) mass is 158 g/mol. The normalized spacial score (nSPS) is 25.8. The molecule has 1 rings (SSSR count). The minimum Gasteiger partial charge on any atom is -0.366 e. The zero-order valence-corrected chi connectivity index (χ0v) is 6.36. The highest BCUT2D eigenvalue weighted by Gasteiger charge is 2.09. The van der Waals surface area contributed by atoms with Crippen LogP contribution in [0.15, 0.2) is 12.2 Å². The molecule has 1 aliphatic heterocycles. The summed E-state index contributed by atoms with van der Waals surface area (Å²) in [5, 5.41) is 3.47. The van der Waals surface area contributed by atoms with Crippen LogP contribution in [0.25, 0.3) is 0 Å². The van der Waals surface area contributed by atoms with Crippen molar-refractivity contribution in [2.45, 2.75) is 5.37 Å². The molecule has 1 heterocycles. The number of nitrogens with two attached hydrogens (primary N) is 1. The smallest absolute Gasteiger partial charge is 0.241 e. The Labute approximate surface area is 64.0 Å². The number of nitrogens with one attached hydrogen (secondary N) is 1. The summed E-state index contributed by atoms with van der Waals surface area (Å²) in [7, 11) is 0. The van der Waals surface area contributed by atoms with E-state index in [9.17, 15) is 4.79 Å². The Hall–Kier alpha value is -0.480. The largest absolute Gasteiger partial charge is 0.366 e. The Morgan fingerprint density at radius 1 is 1.80 bits per heavy atom. The molecule has 1 saturated heterocycles. The van der Waals surface area contributed by atoms with E-state index in [1.807, 2.05) is 0 Å². The zero-order chi connectivity index (χ0) is 7.40. The highest BCUT2D eigenvalue weighted by atomic mass is 32.2. The van der Waals surface area contributed by atoms with Crippen LogP contribution >= 0.6 is 11.8 Å². The van der Waals surface area contributed by atoms with Crippen LogP contribution in [0.4, 0.5) is 0 Å². The van der Waals surface area contributed by atoms with E-state index in [4.69, 9.17) is 5.73 Å². The van der Waals surface area contributed by atoms with Crippen LogP contribution in [0.5, 0.6) is 0 Å². The van der Waals surface area contributed by atoms with Crippen LogP contribution < -0.4 is 11.1 Å². The Balaban J connectivity index is 2.29. The van der Waals surface area contributed by atoms with Gasteiger partial charge in [0.15, 0.2) is 0 Å². The summed E-state index contributed by atoms with van der Waals surface area (Å²) in [6.07, 6.45) is 3.19. The summed E-state index contributed by atoms with van der Waals surface area (Å²) < 4.78 is 0. The first-order valence-electron chi connectivity index (χ1n) is 3.11. The van der Waals surface area contributed by atoms with Gasteiger partial charge in [-0.1, -0.05) is 6.08 Å². The standard InChI is InChI=1S/C6H10N2OS/c7-5(9)1-2-6-8-3-4-10-6/h1-2,6,8H,3-4H2,(H2,7,9). The lowest BCUT2D eigenvalue weighted by atomic mass is 10.4. The number of carbonyl (C=O) groups excluding carboxylic acids is 1. The molecule has 0 aliphatic carbocycles. The van der Waals surface area contributed by atoms with Crippen LogP contribution in [0.1, 0.15) is 0 Å². The minimum atomic E-state index is -0.380. The molecule has 0 aromatic rings. The van der Waals surface area contributed by atoms with Crippen molar-refractivity contribution >= 4 is 17.7 Å². The summed E-state index contributed by atoms with van der Waals surface area (Å²) >= 11 is 1.78. The topological polar surface area (TPSA) is 55.1 Å². The highest BCUT2D eigenvalue weighted by molar-refractivity contribution is 8.00. The molecule has 0 bridgehead atoms. The van der Waals surface area contributed by atoms with E-state index in [2.05, 4.69) is 5.32 Å². The van der Waals surface area contributed by atoms with Gasteiger partial charge < -0.3 is 11.1 Å². The van der Waals surface area contributed by atoms with Gasteiger partial charge in [-0.05, 0) is 0 Å². The average molecular weight is 158 g/mol. The van der Waals surface area contributed by atoms with E-state index in [-0.39, 0.29) is 11.3 Å². The molecule has 3 nitrogen and oxygen atoms in total. The van der Waals surface area contributed by atoms with Crippen LogP contribution in [0.3, 0.4) is 0 Å². The SMILES string of the molecule is NC(=O)C=CC1NCCS1. The first-order chi connectivity index (χ1) is 4.79. The molecule has 4 heteroatoms. The second-order valence-corrected chi connectivity index (χ2v) is 3.26. The van der Waals surface area contributed by atoms with Crippen molar-refractivity contribution in [2.24, 2.45) is 5.73 Å². The third-order valence-electron chi connectivity index (χ3n) is 1.18. The number of hydrogen-bond donors (Lipinski definition) is 2. The zero-order valence-electron chi connectivity index (χ0n) is 5.54. The second-order valence-electron chi connectivity index (χ2n) is 2.01. The van der Waals surface area contributed by atoms with E-state index in [0.717, 1.165) is 12.3 Å². The van der Waals surface area contributed by atoms with Gasteiger partial charge in [-0.25, -0.2) is 0 Å². The fourth-order valence-electron chi connectivity index (χ4n) is 0.752. The summed E-state index contributed by atoms with van der Waals surface area (Å²) in [5.41, 5.74) is 4.91. The van der Waals surface area contributed by atoms with Crippen LogP contribution in [0.2, 0.25) is 0 Å². The number of hydrogen-bond acceptors (Lipinski definition) is 3. The molecule has 3 N–H and O–H groups in total. The van der Waals surface area contributed by atoms with Crippen molar-refractivity contribution < 1.29 is 4.79 Å². The lowest BCUT2D eigenvalue weighted by molar-refractivity contribution is -0.113. The quantitative estimate of drug-likeness (QED) is 0.542. The molecule has 1 unspecified atom stereocenters. The van der Waals surface area contributed by atoms with Crippen molar-refractivity contribution in [2.75, 3.05) is 12.3 Å². The van der Waals surface area contributed by atoms with Gasteiger partial charge in [0.1, 0.15) is 0 Å². The predicted molar refractivity (Wildman–Crippen MR) is 42.6 cm³/mol. The molecule has 0 aromatic carbocycles. The van der Waals surface area contributed by atoms with Gasteiger partial charge in [-0.15, -0.1) is 11.8 Å². The fraction of sp³-hybridized carbons (Fsp3) is 0.500. The molecule has 1 aliphatic rings. The maximum absolute atomic E-state index is 10.3. The maximum Gasteiger partial charge on any atom is 0.241 e. The van der Waals surface area contributed by atoms with E-state index >= 15 is 0 Å². The molecule has 0 aromatic heterocycles. The highest BCUT2D eigenvalue weighted by Crippen LogP contribution is 2.13. The number of rotatable bonds is 2. The second kappa shape index (κ2) is 3.63. The third kappa shape index (κ3) is 2.41. The minimum absolute atomic E-state index is 0.285. The molecule has 0 spiro atoms. The van der Waals surface area contributed by atoms with Gasteiger partial charge in [0, 0.05) is 18.4 Å². The van der Waals surface area contributed by atoms with Gasteiger partial charge in [0.05, 0.1) is 5.37 Å². The van der Waals surface area contributed by atoms with Crippen molar-refractivity contribution in [1.82, 2.24) is 5.32 Å². The molecule has 0 radical (unpaired) electrons. The summed E-state index contributed by atoms with van der Waals surface area (Å²) in [4.78, 5) is 10.3. The van der Waals surface area contributed by atoms with Crippen LogP contribution in [-0.4, -0.2) is 23.6 Å².